The van der Waals surface area contributed by atoms with Crippen molar-refractivity contribution in [2.45, 2.75) is 24.5 Å². The summed E-state index contributed by atoms with van der Waals surface area (Å²) in [5, 5.41) is 2.89. The van der Waals surface area contributed by atoms with Crippen LogP contribution in [0.5, 0.6) is 0 Å². The van der Waals surface area contributed by atoms with Crippen LogP contribution in [0.15, 0.2) is 23.1 Å². The molecular weight excluding hydrogens is 329 g/mol. The fraction of sp³-hybridized carbons (Fsp3) is 0.500. The third-order valence-electron chi connectivity index (χ3n) is 2.66. The molecule has 0 radical (unpaired) electrons. The Morgan fingerprint density at radius 1 is 1.33 bits per heavy atom. The molecule has 0 bridgehead atoms. The number of hydrogen-bond acceptors (Lipinski definition) is 3. The van der Waals surface area contributed by atoms with Gasteiger partial charge in [0.05, 0.1) is 5.02 Å². The second kappa shape index (κ2) is 6.95. The number of sulfonamides is 1. The molecule has 21 heavy (non-hydrogen) atoms. The van der Waals surface area contributed by atoms with Crippen LogP contribution < -0.4 is 5.32 Å². The third-order valence-corrected chi connectivity index (χ3v) is 4.95. The van der Waals surface area contributed by atoms with Crippen molar-refractivity contribution < 1.29 is 21.6 Å². The van der Waals surface area contributed by atoms with E-state index in [1.165, 1.54) is 12.1 Å². The van der Waals surface area contributed by atoms with Crippen LogP contribution in [0.4, 0.5) is 13.2 Å². The maximum absolute atomic E-state index is 12.3. The first-order chi connectivity index (χ1) is 9.58. The van der Waals surface area contributed by atoms with Gasteiger partial charge < -0.3 is 5.32 Å². The summed E-state index contributed by atoms with van der Waals surface area (Å²) >= 11 is 5.82. The largest absolute Gasteiger partial charge is 0.402 e. The predicted octanol–water partition coefficient (Wildman–Crippen LogP) is 2.63. The van der Waals surface area contributed by atoms with Gasteiger partial charge in [0, 0.05) is 13.6 Å². The molecular formula is C12H16ClF3N2O2S. The molecule has 0 aliphatic heterocycles. The van der Waals surface area contributed by atoms with Crippen molar-refractivity contribution in [3.63, 3.8) is 0 Å². The topological polar surface area (TPSA) is 49.4 Å². The van der Waals surface area contributed by atoms with E-state index in [9.17, 15) is 21.6 Å². The number of halogens is 4. The molecule has 4 nitrogen and oxygen atoms in total. The summed E-state index contributed by atoms with van der Waals surface area (Å²) < 4.78 is 61.6. The average molecular weight is 345 g/mol. The molecule has 0 heterocycles. The van der Waals surface area contributed by atoms with Crippen molar-refractivity contribution >= 4 is 21.6 Å². The van der Waals surface area contributed by atoms with Gasteiger partial charge in [-0.3, -0.25) is 0 Å². The summed E-state index contributed by atoms with van der Waals surface area (Å²) in [7, 11) is -3.43. The van der Waals surface area contributed by atoms with Gasteiger partial charge in [0.2, 0.25) is 10.0 Å². The first-order valence-corrected chi connectivity index (χ1v) is 7.92. The highest BCUT2D eigenvalue weighted by Gasteiger charge is 2.35. The minimum absolute atomic E-state index is 0.107. The molecule has 0 aliphatic rings. The minimum Gasteiger partial charge on any atom is -0.313 e. The van der Waals surface area contributed by atoms with E-state index in [0.29, 0.717) is 18.7 Å². The van der Waals surface area contributed by atoms with Gasteiger partial charge in [-0.15, -0.1) is 0 Å². The normalized spacial score (nSPS) is 12.9. The molecule has 1 N–H and O–H groups in total. The van der Waals surface area contributed by atoms with Crippen molar-refractivity contribution in [2.24, 2.45) is 0 Å². The maximum atomic E-state index is 12.3. The number of rotatable bonds is 6. The van der Waals surface area contributed by atoms with E-state index in [0.717, 1.165) is 7.05 Å². The molecule has 1 aromatic rings. The Bertz CT molecular complexity index is 591. The Morgan fingerprint density at radius 3 is 2.48 bits per heavy atom. The standard InChI is InChI=1S/C12H16ClF3N2O2S/c1-3-17-7-9-4-5-10(13)11(6-9)21(19,20)18(2)8-12(14,15)16/h4-6,17H,3,7-8H2,1-2H3. The highest BCUT2D eigenvalue weighted by Crippen LogP contribution is 2.27. The summed E-state index contributed by atoms with van der Waals surface area (Å²) in [4.78, 5) is -0.327. The minimum atomic E-state index is -4.62. The molecule has 0 atom stereocenters. The molecule has 1 aromatic carbocycles. The van der Waals surface area contributed by atoms with Crippen LogP contribution in [-0.2, 0) is 16.6 Å². The van der Waals surface area contributed by atoms with Crippen LogP contribution in [0.25, 0.3) is 0 Å². The quantitative estimate of drug-likeness (QED) is 0.863. The van der Waals surface area contributed by atoms with Gasteiger partial charge >= 0.3 is 6.18 Å². The highest BCUT2D eigenvalue weighted by molar-refractivity contribution is 7.89. The van der Waals surface area contributed by atoms with Gasteiger partial charge in [0.15, 0.2) is 0 Å². The molecule has 0 unspecified atom stereocenters. The smallest absolute Gasteiger partial charge is 0.313 e. The summed E-state index contributed by atoms with van der Waals surface area (Å²) in [6.45, 7) is 1.39. The second-order valence-electron chi connectivity index (χ2n) is 4.42. The average Bonchev–Trinajstić information content (AvgIpc) is 2.35. The van der Waals surface area contributed by atoms with E-state index < -0.39 is 22.7 Å². The Kier molecular flexibility index (Phi) is 6.03. The molecule has 0 saturated carbocycles. The first-order valence-electron chi connectivity index (χ1n) is 6.10. The van der Waals surface area contributed by atoms with E-state index in [4.69, 9.17) is 11.6 Å². The predicted molar refractivity (Wildman–Crippen MR) is 74.7 cm³/mol. The molecule has 0 fully saturated rings. The van der Waals surface area contributed by atoms with Crippen LogP contribution in [0.1, 0.15) is 12.5 Å². The second-order valence-corrected chi connectivity index (χ2v) is 6.84. The molecule has 0 spiro atoms. The zero-order valence-corrected chi connectivity index (χ0v) is 13.1. The van der Waals surface area contributed by atoms with Gasteiger partial charge in [-0.1, -0.05) is 24.6 Å². The van der Waals surface area contributed by atoms with E-state index >= 15 is 0 Å². The first kappa shape index (κ1) is 18.2. The van der Waals surface area contributed by atoms with Crippen LogP contribution in [0.2, 0.25) is 5.02 Å². The lowest BCUT2D eigenvalue weighted by atomic mass is 10.2. The van der Waals surface area contributed by atoms with Crippen molar-refractivity contribution in [1.82, 2.24) is 9.62 Å². The molecule has 0 aliphatic carbocycles. The van der Waals surface area contributed by atoms with Gasteiger partial charge in [-0.2, -0.15) is 17.5 Å². The van der Waals surface area contributed by atoms with Gasteiger partial charge in [-0.25, -0.2) is 8.42 Å². The van der Waals surface area contributed by atoms with Gasteiger partial charge in [-0.05, 0) is 24.2 Å². The van der Waals surface area contributed by atoms with E-state index in [1.54, 1.807) is 6.07 Å². The van der Waals surface area contributed by atoms with E-state index in [-0.39, 0.29) is 14.2 Å². The SMILES string of the molecule is CCNCc1ccc(Cl)c(S(=O)(=O)N(C)CC(F)(F)F)c1. The summed E-state index contributed by atoms with van der Waals surface area (Å²) in [6, 6.07) is 4.27. The Morgan fingerprint density at radius 2 is 1.95 bits per heavy atom. The van der Waals surface area contributed by atoms with Crippen molar-refractivity contribution in [2.75, 3.05) is 20.1 Å². The molecule has 0 amide bonds. The van der Waals surface area contributed by atoms with Crippen LogP contribution in [0, 0.1) is 0 Å². The Labute approximate surface area is 126 Å². The summed E-state index contributed by atoms with van der Waals surface area (Å²) in [6.07, 6.45) is -4.62. The molecule has 1 rings (SSSR count). The van der Waals surface area contributed by atoms with Crippen LogP contribution >= 0.6 is 11.6 Å². The van der Waals surface area contributed by atoms with Crippen molar-refractivity contribution in [3.05, 3.63) is 28.8 Å². The zero-order valence-electron chi connectivity index (χ0n) is 11.5. The Balaban J connectivity index is 3.12. The maximum Gasteiger partial charge on any atom is 0.402 e. The molecule has 9 heteroatoms. The lowest BCUT2D eigenvalue weighted by molar-refractivity contribution is -0.134. The van der Waals surface area contributed by atoms with Gasteiger partial charge in [0.1, 0.15) is 11.4 Å². The summed E-state index contributed by atoms with van der Waals surface area (Å²) in [5.74, 6) is 0. The summed E-state index contributed by atoms with van der Waals surface area (Å²) in [5.41, 5.74) is 0.625. The van der Waals surface area contributed by atoms with Crippen molar-refractivity contribution in [3.8, 4) is 0 Å². The number of benzene rings is 1. The number of nitrogens with zero attached hydrogens (tertiary/aromatic N) is 1. The molecule has 0 saturated heterocycles. The lowest BCUT2D eigenvalue weighted by Crippen LogP contribution is -2.36. The fourth-order valence-corrected chi connectivity index (χ4v) is 3.31. The highest BCUT2D eigenvalue weighted by atomic mass is 35.5. The number of hydrogen-bond donors (Lipinski definition) is 1. The molecule has 0 aromatic heterocycles. The van der Waals surface area contributed by atoms with Crippen molar-refractivity contribution in [1.29, 1.82) is 0 Å². The monoisotopic (exact) mass is 344 g/mol. The van der Waals surface area contributed by atoms with Gasteiger partial charge in [0.25, 0.3) is 0 Å². The third kappa shape index (κ3) is 5.14. The zero-order chi connectivity index (χ0) is 16.3. The number of nitrogens with one attached hydrogen (secondary N) is 1. The fourth-order valence-electron chi connectivity index (χ4n) is 1.63. The number of alkyl halides is 3. The Hall–Kier alpha value is -0.830. The lowest BCUT2D eigenvalue weighted by Gasteiger charge is -2.20. The van der Waals surface area contributed by atoms with Crippen LogP contribution in [-0.4, -0.2) is 39.0 Å². The van der Waals surface area contributed by atoms with Crippen LogP contribution in [0.3, 0.4) is 0 Å². The van der Waals surface area contributed by atoms with E-state index in [2.05, 4.69) is 5.32 Å². The molecule has 120 valence electrons. The van der Waals surface area contributed by atoms with E-state index in [1.807, 2.05) is 6.92 Å².